The summed E-state index contributed by atoms with van der Waals surface area (Å²) < 4.78 is 33.7. The summed E-state index contributed by atoms with van der Waals surface area (Å²) in [6, 6.07) is 13.5. The molecule has 0 aromatic heterocycles. The van der Waals surface area contributed by atoms with Crippen molar-refractivity contribution in [3.8, 4) is 5.75 Å². The zero-order chi connectivity index (χ0) is 19.2. The highest BCUT2D eigenvalue weighted by Gasteiger charge is 2.22. The van der Waals surface area contributed by atoms with Crippen molar-refractivity contribution in [2.24, 2.45) is 0 Å². The van der Waals surface area contributed by atoms with Crippen molar-refractivity contribution in [3.63, 3.8) is 0 Å². The van der Waals surface area contributed by atoms with Gasteiger partial charge in [-0.1, -0.05) is 43.7 Å². The van der Waals surface area contributed by atoms with E-state index in [1.165, 1.54) is 32.2 Å². The molecule has 0 aliphatic carbocycles. The molecule has 0 spiro atoms. The quantitative estimate of drug-likeness (QED) is 0.739. The van der Waals surface area contributed by atoms with Crippen molar-refractivity contribution in [1.29, 1.82) is 0 Å². The molecule has 0 aliphatic rings. The largest absolute Gasteiger partial charge is 0.495 e. The Balaban J connectivity index is 2.35. The SMILES string of the molecule is CCCC(NS(=O)(=O)c1ccc(OC)c(NC(C)=O)c1)c1ccccc1. The second kappa shape index (κ2) is 8.82. The van der Waals surface area contributed by atoms with E-state index >= 15 is 0 Å². The Morgan fingerprint density at radius 3 is 2.42 bits per heavy atom. The number of benzene rings is 2. The van der Waals surface area contributed by atoms with E-state index in [0.717, 1.165) is 12.0 Å². The number of amides is 1. The van der Waals surface area contributed by atoms with Crippen molar-refractivity contribution in [2.75, 3.05) is 12.4 Å². The Bertz CT molecular complexity index is 851. The highest BCUT2D eigenvalue weighted by atomic mass is 32.2. The van der Waals surface area contributed by atoms with Crippen LogP contribution < -0.4 is 14.8 Å². The summed E-state index contributed by atoms with van der Waals surface area (Å²) in [7, 11) is -2.31. The maximum Gasteiger partial charge on any atom is 0.241 e. The standard InChI is InChI=1S/C19H24N2O4S/c1-4-8-17(15-9-6-5-7-10-15)21-26(23,24)16-11-12-19(25-3)18(13-16)20-14(2)22/h5-7,9-13,17,21H,4,8H2,1-3H3,(H,20,22). The van der Waals surface area contributed by atoms with Crippen LogP contribution in [-0.2, 0) is 14.8 Å². The summed E-state index contributed by atoms with van der Waals surface area (Å²) in [5.74, 6) is 0.0891. The molecule has 140 valence electrons. The van der Waals surface area contributed by atoms with Gasteiger partial charge in [0.25, 0.3) is 0 Å². The number of ether oxygens (including phenoxy) is 1. The fourth-order valence-electron chi connectivity index (χ4n) is 2.66. The maximum atomic E-state index is 12.9. The molecule has 2 N–H and O–H groups in total. The molecule has 26 heavy (non-hydrogen) atoms. The lowest BCUT2D eigenvalue weighted by Gasteiger charge is -2.19. The third-order valence-electron chi connectivity index (χ3n) is 3.87. The van der Waals surface area contributed by atoms with Gasteiger partial charge in [-0.2, -0.15) is 0 Å². The third kappa shape index (κ3) is 5.06. The minimum atomic E-state index is -3.77. The number of hydrogen-bond donors (Lipinski definition) is 2. The van der Waals surface area contributed by atoms with E-state index in [1.54, 1.807) is 0 Å². The minimum Gasteiger partial charge on any atom is -0.495 e. The van der Waals surface area contributed by atoms with Gasteiger partial charge in [-0.15, -0.1) is 0 Å². The molecule has 0 saturated heterocycles. The zero-order valence-electron chi connectivity index (χ0n) is 15.2. The van der Waals surface area contributed by atoms with Gasteiger partial charge in [-0.25, -0.2) is 13.1 Å². The molecular weight excluding hydrogens is 352 g/mol. The molecule has 0 radical (unpaired) electrons. The van der Waals surface area contributed by atoms with Crippen LogP contribution in [0.15, 0.2) is 53.4 Å². The molecule has 7 heteroatoms. The van der Waals surface area contributed by atoms with Gasteiger partial charge >= 0.3 is 0 Å². The molecule has 0 bridgehead atoms. The topological polar surface area (TPSA) is 84.5 Å². The van der Waals surface area contributed by atoms with Crippen LogP contribution >= 0.6 is 0 Å². The Morgan fingerprint density at radius 2 is 1.85 bits per heavy atom. The summed E-state index contributed by atoms with van der Waals surface area (Å²) in [4.78, 5) is 11.4. The smallest absolute Gasteiger partial charge is 0.241 e. The lowest BCUT2D eigenvalue weighted by atomic mass is 10.0. The van der Waals surface area contributed by atoms with Gasteiger partial charge in [0.15, 0.2) is 0 Å². The van der Waals surface area contributed by atoms with Crippen molar-refractivity contribution < 1.29 is 17.9 Å². The minimum absolute atomic E-state index is 0.0686. The van der Waals surface area contributed by atoms with Crippen molar-refractivity contribution >= 4 is 21.6 Å². The summed E-state index contributed by atoms with van der Waals surface area (Å²) in [6.45, 7) is 3.36. The van der Waals surface area contributed by atoms with Crippen LogP contribution in [0.5, 0.6) is 5.75 Å². The van der Waals surface area contributed by atoms with Gasteiger partial charge in [0, 0.05) is 13.0 Å². The lowest BCUT2D eigenvalue weighted by Crippen LogP contribution is -2.28. The Hall–Kier alpha value is -2.38. The number of methoxy groups -OCH3 is 1. The van der Waals surface area contributed by atoms with Crippen LogP contribution in [0.2, 0.25) is 0 Å². The van der Waals surface area contributed by atoms with E-state index in [1.807, 2.05) is 37.3 Å². The fourth-order valence-corrected chi connectivity index (χ4v) is 3.95. The number of rotatable bonds is 8. The van der Waals surface area contributed by atoms with Crippen LogP contribution in [0, 0.1) is 0 Å². The van der Waals surface area contributed by atoms with Crippen LogP contribution in [0.4, 0.5) is 5.69 Å². The highest BCUT2D eigenvalue weighted by Crippen LogP contribution is 2.29. The van der Waals surface area contributed by atoms with E-state index in [0.29, 0.717) is 17.9 Å². The van der Waals surface area contributed by atoms with E-state index in [2.05, 4.69) is 10.0 Å². The maximum absolute atomic E-state index is 12.9. The number of carbonyl (C=O) groups excluding carboxylic acids is 1. The number of nitrogens with one attached hydrogen (secondary N) is 2. The molecular formula is C19H24N2O4S. The van der Waals surface area contributed by atoms with Gasteiger partial charge in [0.05, 0.1) is 17.7 Å². The molecule has 0 fully saturated rings. The van der Waals surface area contributed by atoms with Gasteiger partial charge in [0.2, 0.25) is 15.9 Å². The molecule has 2 aromatic carbocycles. The first-order valence-electron chi connectivity index (χ1n) is 8.40. The average Bonchev–Trinajstić information content (AvgIpc) is 2.61. The van der Waals surface area contributed by atoms with Crippen molar-refractivity contribution in [1.82, 2.24) is 4.72 Å². The second-order valence-corrected chi connectivity index (χ2v) is 7.63. The van der Waals surface area contributed by atoms with E-state index in [9.17, 15) is 13.2 Å². The Kier molecular flexibility index (Phi) is 6.76. The lowest BCUT2D eigenvalue weighted by molar-refractivity contribution is -0.114. The van der Waals surface area contributed by atoms with Crippen LogP contribution in [-0.4, -0.2) is 21.4 Å². The molecule has 0 heterocycles. The van der Waals surface area contributed by atoms with Crippen LogP contribution in [0.3, 0.4) is 0 Å². The molecule has 0 aliphatic heterocycles. The first-order valence-corrected chi connectivity index (χ1v) is 9.88. The number of sulfonamides is 1. The molecule has 0 saturated carbocycles. The van der Waals surface area contributed by atoms with Crippen molar-refractivity contribution in [3.05, 3.63) is 54.1 Å². The number of hydrogen-bond acceptors (Lipinski definition) is 4. The highest BCUT2D eigenvalue weighted by molar-refractivity contribution is 7.89. The molecule has 1 atom stereocenters. The van der Waals surface area contributed by atoms with Gasteiger partial charge < -0.3 is 10.1 Å². The normalized spacial score (nSPS) is 12.4. The first-order chi connectivity index (χ1) is 12.4. The predicted molar refractivity (Wildman–Crippen MR) is 102 cm³/mol. The number of anilines is 1. The van der Waals surface area contributed by atoms with E-state index < -0.39 is 10.0 Å². The summed E-state index contributed by atoms with van der Waals surface area (Å²) in [5, 5.41) is 2.59. The summed E-state index contributed by atoms with van der Waals surface area (Å²) >= 11 is 0. The van der Waals surface area contributed by atoms with Gasteiger partial charge in [-0.3, -0.25) is 4.79 Å². The van der Waals surface area contributed by atoms with Gasteiger partial charge in [0.1, 0.15) is 5.75 Å². The molecule has 1 unspecified atom stereocenters. The van der Waals surface area contributed by atoms with Crippen LogP contribution in [0.1, 0.15) is 38.3 Å². The third-order valence-corrected chi connectivity index (χ3v) is 5.34. The Labute approximate surface area is 154 Å². The summed E-state index contributed by atoms with van der Waals surface area (Å²) in [5.41, 5.74) is 1.23. The second-order valence-electron chi connectivity index (χ2n) is 5.92. The molecule has 1 amide bonds. The predicted octanol–water partition coefficient (Wildman–Crippen LogP) is 3.47. The number of carbonyl (C=O) groups is 1. The van der Waals surface area contributed by atoms with E-state index in [-0.39, 0.29) is 16.8 Å². The van der Waals surface area contributed by atoms with Crippen LogP contribution in [0.25, 0.3) is 0 Å². The zero-order valence-corrected chi connectivity index (χ0v) is 16.0. The summed E-state index contributed by atoms with van der Waals surface area (Å²) in [6.07, 6.45) is 1.51. The van der Waals surface area contributed by atoms with E-state index in [4.69, 9.17) is 4.74 Å². The average molecular weight is 376 g/mol. The first kappa shape index (κ1) is 19.9. The van der Waals surface area contributed by atoms with Crippen molar-refractivity contribution in [2.45, 2.75) is 37.6 Å². The monoisotopic (exact) mass is 376 g/mol. The molecule has 6 nitrogen and oxygen atoms in total. The Morgan fingerprint density at radius 1 is 1.15 bits per heavy atom. The molecule has 2 rings (SSSR count). The molecule has 2 aromatic rings. The fraction of sp³-hybridized carbons (Fsp3) is 0.316. The van der Waals surface area contributed by atoms with Gasteiger partial charge in [-0.05, 0) is 30.2 Å².